The van der Waals surface area contributed by atoms with Gasteiger partial charge in [-0.15, -0.1) is 10.2 Å². The van der Waals surface area contributed by atoms with E-state index in [4.69, 9.17) is 0 Å². The second-order valence-electron chi connectivity index (χ2n) is 6.44. The number of aromatic nitrogens is 3. The molecule has 2 aromatic carbocycles. The SMILES string of the molecule is Cc1ccc(C)c(NC(=O)[C@H](C)Sc2nnc(-c3ccc(F)cc3)n2C)c1. The van der Waals surface area contributed by atoms with Crippen LogP contribution >= 0.6 is 11.8 Å². The summed E-state index contributed by atoms with van der Waals surface area (Å²) >= 11 is 1.33. The summed E-state index contributed by atoms with van der Waals surface area (Å²) in [6.45, 7) is 5.78. The third-order valence-electron chi connectivity index (χ3n) is 4.24. The minimum atomic E-state index is -0.353. The summed E-state index contributed by atoms with van der Waals surface area (Å²) in [6.07, 6.45) is 0. The predicted octanol–water partition coefficient (Wildman–Crippen LogP) is 4.36. The summed E-state index contributed by atoms with van der Waals surface area (Å²) in [6, 6.07) is 12.0. The number of amides is 1. The van der Waals surface area contributed by atoms with Crippen LogP contribution in [-0.4, -0.2) is 25.9 Å². The minimum Gasteiger partial charge on any atom is -0.325 e. The molecule has 0 aliphatic rings. The first-order valence-corrected chi connectivity index (χ1v) is 9.43. The summed E-state index contributed by atoms with van der Waals surface area (Å²) in [5, 5.41) is 11.6. The molecule has 1 atom stereocenters. The standard InChI is InChI=1S/C20H21FN4OS/c1-12-5-6-13(2)17(11-12)22-19(26)14(3)27-20-24-23-18(25(20)4)15-7-9-16(21)10-8-15/h5-11,14H,1-4H3,(H,22,26)/t14-/m0/s1. The van der Waals surface area contributed by atoms with Crippen molar-refractivity contribution in [1.29, 1.82) is 0 Å². The van der Waals surface area contributed by atoms with E-state index in [0.29, 0.717) is 11.0 Å². The average molecular weight is 384 g/mol. The highest BCUT2D eigenvalue weighted by molar-refractivity contribution is 8.00. The van der Waals surface area contributed by atoms with Gasteiger partial charge in [-0.1, -0.05) is 23.9 Å². The van der Waals surface area contributed by atoms with E-state index in [-0.39, 0.29) is 17.0 Å². The molecule has 0 aliphatic carbocycles. The topological polar surface area (TPSA) is 59.8 Å². The molecular formula is C20H21FN4OS. The maximum Gasteiger partial charge on any atom is 0.237 e. The summed E-state index contributed by atoms with van der Waals surface area (Å²) in [4.78, 5) is 12.6. The molecule has 0 unspecified atom stereocenters. The third-order valence-corrected chi connectivity index (χ3v) is 5.37. The molecule has 0 saturated heterocycles. The van der Waals surface area contributed by atoms with Crippen LogP contribution in [-0.2, 0) is 11.8 Å². The molecule has 3 aromatic rings. The number of thioether (sulfide) groups is 1. The van der Waals surface area contributed by atoms with Gasteiger partial charge in [0.25, 0.3) is 0 Å². The average Bonchev–Trinajstić information content (AvgIpc) is 2.99. The van der Waals surface area contributed by atoms with Crippen LogP contribution in [0, 0.1) is 19.7 Å². The Morgan fingerprint density at radius 1 is 1.15 bits per heavy atom. The van der Waals surface area contributed by atoms with Gasteiger partial charge in [0.2, 0.25) is 5.91 Å². The Kier molecular flexibility index (Phi) is 5.60. The molecule has 1 heterocycles. The summed E-state index contributed by atoms with van der Waals surface area (Å²) in [5.41, 5.74) is 3.69. The normalized spacial score (nSPS) is 12.0. The van der Waals surface area contributed by atoms with Crippen molar-refractivity contribution in [2.24, 2.45) is 7.05 Å². The lowest BCUT2D eigenvalue weighted by Gasteiger charge is -2.13. The van der Waals surface area contributed by atoms with E-state index >= 15 is 0 Å². The third kappa shape index (κ3) is 4.36. The number of hydrogen-bond acceptors (Lipinski definition) is 4. The number of benzene rings is 2. The molecule has 0 radical (unpaired) electrons. The Balaban J connectivity index is 1.72. The van der Waals surface area contributed by atoms with Crippen LogP contribution in [0.1, 0.15) is 18.1 Å². The van der Waals surface area contributed by atoms with Crippen molar-refractivity contribution in [3.8, 4) is 11.4 Å². The number of anilines is 1. The molecule has 140 valence electrons. The van der Waals surface area contributed by atoms with Crippen LogP contribution in [0.5, 0.6) is 0 Å². The van der Waals surface area contributed by atoms with E-state index in [1.54, 1.807) is 16.7 Å². The number of nitrogens with zero attached hydrogens (tertiary/aromatic N) is 3. The van der Waals surface area contributed by atoms with Crippen LogP contribution in [0.25, 0.3) is 11.4 Å². The Hall–Kier alpha value is -2.67. The molecule has 27 heavy (non-hydrogen) atoms. The summed E-state index contributed by atoms with van der Waals surface area (Å²) in [7, 11) is 1.83. The van der Waals surface area contributed by atoms with Crippen molar-refractivity contribution in [3.63, 3.8) is 0 Å². The summed E-state index contributed by atoms with van der Waals surface area (Å²) < 4.78 is 14.9. The van der Waals surface area contributed by atoms with E-state index in [1.165, 1.54) is 23.9 Å². The van der Waals surface area contributed by atoms with E-state index in [9.17, 15) is 9.18 Å². The number of carbonyl (C=O) groups is 1. The van der Waals surface area contributed by atoms with Crippen LogP contribution in [0.4, 0.5) is 10.1 Å². The van der Waals surface area contributed by atoms with E-state index in [2.05, 4.69) is 15.5 Å². The molecule has 0 saturated carbocycles. The van der Waals surface area contributed by atoms with Crippen LogP contribution in [0.2, 0.25) is 0 Å². The zero-order chi connectivity index (χ0) is 19.6. The lowest BCUT2D eigenvalue weighted by Crippen LogP contribution is -2.23. The molecule has 0 aliphatic heterocycles. The van der Waals surface area contributed by atoms with Crippen molar-refractivity contribution < 1.29 is 9.18 Å². The van der Waals surface area contributed by atoms with Crippen molar-refractivity contribution in [3.05, 3.63) is 59.4 Å². The maximum atomic E-state index is 13.1. The quantitative estimate of drug-likeness (QED) is 0.664. The number of aryl methyl sites for hydroxylation is 2. The molecule has 0 spiro atoms. The lowest BCUT2D eigenvalue weighted by atomic mass is 10.1. The van der Waals surface area contributed by atoms with E-state index < -0.39 is 0 Å². The molecule has 0 bridgehead atoms. The molecule has 5 nitrogen and oxygen atoms in total. The zero-order valence-corrected chi connectivity index (χ0v) is 16.5. The largest absolute Gasteiger partial charge is 0.325 e. The number of nitrogens with one attached hydrogen (secondary N) is 1. The van der Waals surface area contributed by atoms with Crippen molar-refractivity contribution in [2.75, 3.05) is 5.32 Å². The van der Waals surface area contributed by atoms with Gasteiger partial charge in [-0.2, -0.15) is 0 Å². The highest BCUT2D eigenvalue weighted by Crippen LogP contribution is 2.27. The Morgan fingerprint density at radius 2 is 1.85 bits per heavy atom. The second-order valence-corrected chi connectivity index (χ2v) is 7.75. The van der Waals surface area contributed by atoms with Crippen LogP contribution in [0.15, 0.2) is 47.6 Å². The zero-order valence-electron chi connectivity index (χ0n) is 15.7. The van der Waals surface area contributed by atoms with Crippen LogP contribution < -0.4 is 5.32 Å². The van der Waals surface area contributed by atoms with Gasteiger partial charge in [-0.05, 0) is 62.2 Å². The second kappa shape index (κ2) is 7.92. The maximum absolute atomic E-state index is 13.1. The Bertz CT molecular complexity index is 969. The number of carbonyl (C=O) groups excluding carboxylic acids is 1. The molecule has 7 heteroatoms. The van der Waals surface area contributed by atoms with Crippen molar-refractivity contribution >= 4 is 23.4 Å². The van der Waals surface area contributed by atoms with Gasteiger partial charge >= 0.3 is 0 Å². The molecular weight excluding hydrogens is 363 g/mol. The number of hydrogen-bond donors (Lipinski definition) is 1. The van der Waals surface area contributed by atoms with Gasteiger partial charge in [-0.3, -0.25) is 4.79 Å². The summed E-state index contributed by atoms with van der Waals surface area (Å²) in [5.74, 6) is 0.229. The van der Waals surface area contributed by atoms with E-state index in [1.807, 2.05) is 46.0 Å². The minimum absolute atomic E-state index is 0.0972. The van der Waals surface area contributed by atoms with Gasteiger partial charge in [0.15, 0.2) is 11.0 Å². The molecule has 1 aromatic heterocycles. The van der Waals surface area contributed by atoms with Gasteiger partial charge in [-0.25, -0.2) is 4.39 Å². The van der Waals surface area contributed by atoms with E-state index in [0.717, 1.165) is 22.4 Å². The van der Waals surface area contributed by atoms with Gasteiger partial charge < -0.3 is 9.88 Å². The predicted molar refractivity (Wildman–Crippen MR) is 106 cm³/mol. The Labute approximate surface area is 162 Å². The smallest absolute Gasteiger partial charge is 0.237 e. The van der Waals surface area contributed by atoms with Crippen molar-refractivity contribution in [2.45, 2.75) is 31.2 Å². The number of rotatable bonds is 5. The van der Waals surface area contributed by atoms with Gasteiger partial charge in [0, 0.05) is 18.3 Å². The lowest BCUT2D eigenvalue weighted by molar-refractivity contribution is -0.115. The highest BCUT2D eigenvalue weighted by atomic mass is 32.2. The number of halogens is 1. The molecule has 1 N–H and O–H groups in total. The molecule has 3 rings (SSSR count). The monoisotopic (exact) mass is 384 g/mol. The van der Waals surface area contributed by atoms with Gasteiger partial charge in [0.1, 0.15) is 5.82 Å². The Morgan fingerprint density at radius 3 is 2.56 bits per heavy atom. The first-order valence-electron chi connectivity index (χ1n) is 8.55. The van der Waals surface area contributed by atoms with Gasteiger partial charge in [0.05, 0.1) is 5.25 Å². The first-order chi connectivity index (χ1) is 12.8. The van der Waals surface area contributed by atoms with Crippen molar-refractivity contribution in [1.82, 2.24) is 14.8 Å². The fourth-order valence-electron chi connectivity index (χ4n) is 2.58. The molecule has 1 amide bonds. The highest BCUT2D eigenvalue weighted by Gasteiger charge is 2.20. The molecule has 0 fully saturated rings. The first kappa shape index (κ1) is 19.1. The fourth-order valence-corrected chi connectivity index (χ4v) is 3.40. The van der Waals surface area contributed by atoms with Crippen LogP contribution in [0.3, 0.4) is 0 Å². The fraction of sp³-hybridized carbons (Fsp3) is 0.250.